The highest BCUT2D eigenvalue weighted by Gasteiger charge is 2.33. The van der Waals surface area contributed by atoms with Crippen LogP contribution < -0.4 is 0 Å². The van der Waals surface area contributed by atoms with Gasteiger partial charge in [-0.2, -0.15) is 0 Å². The molecule has 0 aliphatic rings. The molecule has 0 saturated carbocycles. The van der Waals surface area contributed by atoms with Gasteiger partial charge in [-0.25, -0.2) is 0 Å². The molecule has 0 bridgehead atoms. The molecule has 106 valence electrons. The van der Waals surface area contributed by atoms with Crippen LogP contribution in [0.3, 0.4) is 0 Å². The van der Waals surface area contributed by atoms with E-state index >= 15 is 0 Å². The molecule has 7 heteroatoms. The normalized spacial score (nSPS) is 16.6. The van der Waals surface area contributed by atoms with E-state index in [1.165, 1.54) is 0 Å². The summed E-state index contributed by atoms with van der Waals surface area (Å²) in [5, 5.41) is 8.98. The maximum Gasteiger partial charge on any atom is 0.183 e. The highest BCUT2D eigenvalue weighted by atomic mass is 28.4. The van der Waals surface area contributed by atoms with Crippen LogP contribution in [0.25, 0.3) is 0 Å². The van der Waals surface area contributed by atoms with Crippen molar-refractivity contribution in [3.8, 4) is 0 Å². The van der Waals surface area contributed by atoms with Gasteiger partial charge in [0.25, 0.3) is 0 Å². The Morgan fingerprint density at radius 2 is 1.50 bits per heavy atom. The fraction of sp³-hybridized carbons (Fsp3) is 1.00. The van der Waals surface area contributed by atoms with Crippen LogP contribution in [0.1, 0.15) is 6.42 Å². The van der Waals surface area contributed by atoms with Gasteiger partial charge in [0.15, 0.2) is 16.6 Å². The Morgan fingerprint density at radius 3 is 1.89 bits per heavy atom. The van der Waals surface area contributed by atoms with Crippen molar-refractivity contribution in [2.45, 2.75) is 57.8 Å². The molecule has 2 radical (unpaired) electrons. The Labute approximate surface area is 117 Å². The van der Waals surface area contributed by atoms with Gasteiger partial charge in [-0.1, -0.05) is 0 Å². The molecule has 0 saturated heterocycles. The minimum atomic E-state index is -2.21. The predicted molar refractivity (Wildman–Crippen MR) is 86.6 cm³/mol. The molecular weight excluding hydrogens is 275 g/mol. The van der Waals surface area contributed by atoms with Gasteiger partial charge in [-0.05, 0) is 57.8 Å². The van der Waals surface area contributed by atoms with Crippen LogP contribution in [-0.4, -0.2) is 50.6 Å². The fourth-order valence-corrected chi connectivity index (χ4v) is 9.81. The number of aliphatic hydroxyl groups excluding tert-OH is 1. The Hall–Kier alpha value is 0.596. The highest BCUT2D eigenvalue weighted by Crippen LogP contribution is 2.22. The second-order valence-corrected chi connectivity index (χ2v) is 19.5. The van der Waals surface area contributed by atoms with E-state index in [-0.39, 0.29) is 6.61 Å². The lowest BCUT2D eigenvalue weighted by Gasteiger charge is -2.36. The van der Waals surface area contributed by atoms with Crippen LogP contribution in [-0.2, 0) is 8.54 Å². The molecule has 0 spiro atoms. The van der Waals surface area contributed by atoms with Crippen molar-refractivity contribution in [2.24, 2.45) is 0 Å². The standard InChI is InChI=1S/C11H29BO3Si3/c1-16(2,3)14-9-11-18(12,10-7-8-13)15-17(4,5)6/h13H,7-11H2,1-6H3. The molecule has 0 rings (SSSR count). The second kappa shape index (κ2) is 7.40. The summed E-state index contributed by atoms with van der Waals surface area (Å²) in [7, 11) is 1.17. The zero-order chi connectivity index (χ0) is 14.4. The van der Waals surface area contributed by atoms with E-state index in [2.05, 4.69) is 39.3 Å². The third-order valence-electron chi connectivity index (χ3n) is 2.33. The first-order valence-corrected chi connectivity index (χ1v) is 15.9. The molecule has 0 aromatic carbocycles. The average molecular weight is 304 g/mol. The summed E-state index contributed by atoms with van der Waals surface area (Å²) in [5.41, 5.74) is 0. The minimum absolute atomic E-state index is 0.190. The van der Waals surface area contributed by atoms with Gasteiger partial charge in [-0.3, -0.25) is 0 Å². The van der Waals surface area contributed by atoms with Crippen molar-refractivity contribution in [1.82, 2.24) is 0 Å². The average Bonchev–Trinajstić information content (AvgIpc) is 2.09. The van der Waals surface area contributed by atoms with Gasteiger partial charge in [0.05, 0.1) is 7.44 Å². The molecule has 18 heavy (non-hydrogen) atoms. The van der Waals surface area contributed by atoms with Gasteiger partial charge in [0.2, 0.25) is 0 Å². The van der Waals surface area contributed by atoms with E-state index in [0.29, 0.717) is 6.61 Å². The SMILES string of the molecule is [B][Si](CCCO)(CCO[Si](C)(C)C)O[Si](C)(C)C. The summed E-state index contributed by atoms with van der Waals surface area (Å²) in [4.78, 5) is 0. The van der Waals surface area contributed by atoms with Crippen molar-refractivity contribution in [1.29, 1.82) is 0 Å². The first-order valence-electron chi connectivity index (χ1n) is 6.71. The van der Waals surface area contributed by atoms with Crippen LogP contribution in [0.2, 0.25) is 51.4 Å². The minimum Gasteiger partial charge on any atom is -0.462 e. The van der Waals surface area contributed by atoms with Crippen LogP contribution in [0.15, 0.2) is 0 Å². The lowest BCUT2D eigenvalue weighted by Crippen LogP contribution is -2.49. The van der Waals surface area contributed by atoms with Crippen molar-refractivity contribution >= 4 is 32.3 Å². The predicted octanol–water partition coefficient (Wildman–Crippen LogP) is 2.68. The van der Waals surface area contributed by atoms with Crippen LogP contribution >= 0.6 is 0 Å². The molecule has 1 N–H and O–H groups in total. The van der Waals surface area contributed by atoms with Gasteiger partial charge in [0, 0.05) is 13.2 Å². The maximum atomic E-state index is 8.98. The molecule has 1 unspecified atom stereocenters. The molecule has 0 heterocycles. The summed E-state index contributed by atoms with van der Waals surface area (Å²) < 4.78 is 12.1. The summed E-state index contributed by atoms with van der Waals surface area (Å²) in [6.07, 6.45) is 0.736. The van der Waals surface area contributed by atoms with Crippen molar-refractivity contribution in [2.75, 3.05) is 13.2 Å². The van der Waals surface area contributed by atoms with E-state index in [0.717, 1.165) is 18.5 Å². The Kier molecular flexibility index (Phi) is 7.64. The Bertz CT molecular complexity index is 241. The van der Waals surface area contributed by atoms with Crippen LogP contribution in [0.5, 0.6) is 0 Å². The third kappa shape index (κ3) is 10.5. The van der Waals surface area contributed by atoms with Gasteiger partial charge < -0.3 is 13.6 Å². The van der Waals surface area contributed by atoms with E-state index in [1.807, 2.05) is 0 Å². The fourth-order valence-electron chi connectivity index (χ4n) is 1.75. The summed E-state index contributed by atoms with van der Waals surface area (Å²) in [6.45, 7) is 13.9. The van der Waals surface area contributed by atoms with E-state index in [4.69, 9.17) is 21.1 Å². The molecule has 3 nitrogen and oxygen atoms in total. The Balaban J connectivity index is 4.38. The first-order chi connectivity index (χ1) is 7.97. The summed E-state index contributed by atoms with van der Waals surface area (Å²) in [5.74, 6) is 0. The smallest absolute Gasteiger partial charge is 0.183 e. The zero-order valence-corrected chi connectivity index (χ0v) is 15.9. The topological polar surface area (TPSA) is 38.7 Å². The number of aliphatic hydroxyl groups is 1. The number of hydrogen-bond donors (Lipinski definition) is 1. The van der Waals surface area contributed by atoms with Crippen molar-refractivity contribution in [3.05, 3.63) is 0 Å². The first kappa shape index (κ1) is 18.6. The lowest BCUT2D eigenvalue weighted by molar-refractivity contribution is 0.291. The number of rotatable bonds is 9. The molecule has 0 amide bonds. The van der Waals surface area contributed by atoms with Crippen LogP contribution in [0, 0.1) is 0 Å². The molecule has 0 aromatic heterocycles. The zero-order valence-electron chi connectivity index (χ0n) is 12.9. The maximum absolute atomic E-state index is 8.98. The molecule has 1 atom stereocenters. The molecule has 0 aromatic rings. The van der Waals surface area contributed by atoms with Crippen molar-refractivity contribution < 1.29 is 13.6 Å². The van der Waals surface area contributed by atoms with E-state index < -0.39 is 24.8 Å². The molecule has 0 fully saturated rings. The third-order valence-corrected chi connectivity index (χ3v) is 9.72. The Morgan fingerprint density at radius 1 is 0.944 bits per heavy atom. The lowest BCUT2D eigenvalue weighted by atomic mass is 10.5. The quantitative estimate of drug-likeness (QED) is 0.666. The molecule has 0 aliphatic heterocycles. The van der Waals surface area contributed by atoms with Crippen molar-refractivity contribution in [3.63, 3.8) is 0 Å². The molecule has 0 aliphatic carbocycles. The summed E-state index contributed by atoms with van der Waals surface area (Å²) >= 11 is 0. The van der Waals surface area contributed by atoms with Gasteiger partial charge in [-0.15, -0.1) is 0 Å². The van der Waals surface area contributed by atoms with E-state index in [9.17, 15) is 0 Å². The van der Waals surface area contributed by atoms with E-state index in [1.54, 1.807) is 0 Å². The van der Waals surface area contributed by atoms with Gasteiger partial charge in [0.1, 0.15) is 8.19 Å². The highest BCUT2D eigenvalue weighted by molar-refractivity contribution is 7.16. The number of hydrogen-bond acceptors (Lipinski definition) is 3. The second-order valence-electron chi connectivity index (χ2n) is 6.82. The molecular formula is C11H29BO3Si3. The van der Waals surface area contributed by atoms with Crippen LogP contribution in [0.4, 0.5) is 0 Å². The summed E-state index contributed by atoms with van der Waals surface area (Å²) in [6, 6.07) is 1.66. The largest absolute Gasteiger partial charge is 0.462 e. The monoisotopic (exact) mass is 304 g/mol. The van der Waals surface area contributed by atoms with Gasteiger partial charge >= 0.3 is 0 Å².